The molecule has 2 aromatic rings. The van der Waals surface area contributed by atoms with Gasteiger partial charge in [0.15, 0.2) is 0 Å². The van der Waals surface area contributed by atoms with Crippen LogP contribution < -0.4 is 0 Å². The van der Waals surface area contributed by atoms with Gasteiger partial charge in [0, 0.05) is 9.37 Å². The summed E-state index contributed by atoms with van der Waals surface area (Å²) < 4.78 is 25.9. The first-order valence-corrected chi connectivity index (χ1v) is 6.54. The summed E-state index contributed by atoms with van der Waals surface area (Å²) >= 11 is 3.27. The summed E-state index contributed by atoms with van der Waals surface area (Å²) in [6, 6.07) is 13.2. The van der Waals surface area contributed by atoms with Gasteiger partial charge in [0.2, 0.25) is 0 Å². The van der Waals surface area contributed by atoms with Crippen LogP contribution in [0.2, 0.25) is 0 Å². The third-order valence-corrected chi connectivity index (χ3v) is 4.44. The average molecular weight is 299 g/mol. The molecule has 0 spiro atoms. The summed E-state index contributed by atoms with van der Waals surface area (Å²) in [6.45, 7) is 0. The second kappa shape index (κ2) is 4.89. The van der Waals surface area contributed by atoms with Crippen molar-refractivity contribution >= 4 is 26.7 Å². The van der Waals surface area contributed by atoms with E-state index in [1.54, 1.807) is 30.3 Å². The molecule has 0 amide bonds. The molecule has 0 saturated carbocycles. The van der Waals surface area contributed by atoms with Crippen molar-refractivity contribution in [3.05, 3.63) is 58.8 Å². The Labute approximate surface area is 104 Å². The van der Waals surface area contributed by atoms with E-state index >= 15 is 0 Å². The van der Waals surface area contributed by atoms with Gasteiger partial charge in [-0.05, 0) is 46.3 Å². The van der Waals surface area contributed by atoms with E-state index in [1.165, 1.54) is 12.1 Å². The van der Waals surface area contributed by atoms with Gasteiger partial charge in [0.1, 0.15) is 5.82 Å². The number of benzene rings is 2. The highest BCUT2D eigenvalue weighted by atomic mass is 79.9. The first-order chi connectivity index (χ1) is 7.68. The predicted molar refractivity (Wildman–Crippen MR) is 65.2 cm³/mol. The molecule has 1 unspecified atom stereocenters. The summed E-state index contributed by atoms with van der Waals surface area (Å²) in [5.74, 6) is -0.387. The lowest BCUT2D eigenvalue weighted by molar-refractivity contribution is 0.622. The Morgan fingerprint density at radius 1 is 1.06 bits per heavy atom. The minimum Gasteiger partial charge on any atom is -0.249 e. The lowest BCUT2D eigenvalue weighted by atomic mass is 10.3. The smallest absolute Gasteiger partial charge is 0.124 e. The summed E-state index contributed by atoms with van der Waals surface area (Å²) in [5.41, 5.74) is 0. The van der Waals surface area contributed by atoms with Crippen molar-refractivity contribution in [1.29, 1.82) is 0 Å². The van der Waals surface area contributed by atoms with E-state index in [0.29, 0.717) is 14.3 Å². The van der Waals surface area contributed by atoms with E-state index in [1.807, 2.05) is 6.07 Å². The summed E-state index contributed by atoms with van der Waals surface area (Å²) in [4.78, 5) is 1.11. The number of halogens is 2. The maximum absolute atomic E-state index is 13.1. The Morgan fingerprint density at radius 3 is 2.44 bits per heavy atom. The molecule has 0 aromatic heterocycles. The fraction of sp³-hybridized carbons (Fsp3) is 0. The van der Waals surface area contributed by atoms with Gasteiger partial charge in [-0.2, -0.15) is 0 Å². The maximum Gasteiger partial charge on any atom is 0.124 e. The quantitative estimate of drug-likeness (QED) is 0.825. The minimum atomic E-state index is -1.36. The second-order valence-electron chi connectivity index (χ2n) is 3.16. The molecule has 0 N–H and O–H groups in total. The molecule has 1 atom stereocenters. The van der Waals surface area contributed by atoms with E-state index in [9.17, 15) is 8.60 Å². The molecular formula is C12H8BrFOS. The first-order valence-electron chi connectivity index (χ1n) is 4.60. The molecule has 16 heavy (non-hydrogen) atoms. The van der Waals surface area contributed by atoms with Crippen molar-refractivity contribution in [3.63, 3.8) is 0 Å². The number of hydrogen-bond acceptors (Lipinski definition) is 1. The van der Waals surface area contributed by atoms with Gasteiger partial charge >= 0.3 is 0 Å². The second-order valence-corrected chi connectivity index (χ2v) is 5.46. The molecule has 2 aromatic carbocycles. The molecule has 0 aliphatic carbocycles. The maximum atomic E-state index is 13.1. The third-order valence-electron chi connectivity index (χ3n) is 2.05. The van der Waals surface area contributed by atoms with E-state index < -0.39 is 10.8 Å². The minimum absolute atomic E-state index is 0.387. The van der Waals surface area contributed by atoms with E-state index in [-0.39, 0.29) is 5.82 Å². The molecule has 0 aliphatic heterocycles. The molecule has 0 bridgehead atoms. The Morgan fingerprint density at radius 2 is 1.75 bits per heavy atom. The SMILES string of the molecule is O=S(c1ccccc1)c1cc(F)ccc1Br. The Kier molecular flexibility index (Phi) is 3.51. The fourth-order valence-corrected chi connectivity index (χ4v) is 3.10. The van der Waals surface area contributed by atoms with E-state index in [2.05, 4.69) is 15.9 Å². The van der Waals surface area contributed by atoms with Crippen LogP contribution in [0.3, 0.4) is 0 Å². The van der Waals surface area contributed by atoms with Crippen LogP contribution in [0.25, 0.3) is 0 Å². The lowest BCUT2D eigenvalue weighted by Crippen LogP contribution is -1.94. The van der Waals surface area contributed by atoms with Crippen molar-refractivity contribution < 1.29 is 8.60 Å². The van der Waals surface area contributed by atoms with Crippen molar-refractivity contribution in [3.8, 4) is 0 Å². The number of rotatable bonds is 2. The van der Waals surface area contributed by atoms with Crippen LogP contribution in [0, 0.1) is 5.82 Å². The summed E-state index contributed by atoms with van der Waals surface area (Å²) in [7, 11) is -1.36. The van der Waals surface area contributed by atoms with Gasteiger partial charge < -0.3 is 0 Å². The third kappa shape index (κ3) is 2.39. The normalized spacial score (nSPS) is 12.4. The molecule has 1 nitrogen and oxygen atoms in total. The molecule has 0 aliphatic rings. The van der Waals surface area contributed by atoms with Gasteiger partial charge in [-0.3, -0.25) is 0 Å². The molecule has 2 rings (SSSR count). The standard InChI is InChI=1S/C12H8BrFOS/c13-11-7-6-9(14)8-12(11)16(15)10-4-2-1-3-5-10/h1-8H. The van der Waals surface area contributed by atoms with Gasteiger partial charge in [-0.25, -0.2) is 8.60 Å². The van der Waals surface area contributed by atoms with Crippen LogP contribution in [-0.2, 0) is 10.8 Å². The molecule has 4 heteroatoms. The summed E-state index contributed by atoms with van der Waals surface area (Å²) in [5, 5.41) is 0. The van der Waals surface area contributed by atoms with Gasteiger partial charge in [0.25, 0.3) is 0 Å². The Bertz CT molecular complexity index is 528. The molecular weight excluding hydrogens is 291 g/mol. The van der Waals surface area contributed by atoms with Crippen LogP contribution >= 0.6 is 15.9 Å². The molecule has 0 radical (unpaired) electrons. The highest BCUT2D eigenvalue weighted by molar-refractivity contribution is 9.10. The summed E-state index contributed by atoms with van der Waals surface area (Å²) in [6.07, 6.45) is 0. The number of hydrogen-bond donors (Lipinski definition) is 0. The monoisotopic (exact) mass is 298 g/mol. The van der Waals surface area contributed by atoms with Crippen molar-refractivity contribution in [2.45, 2.75) is 9.79 Å². The van der Waals surface area contributed by atoms with E-state index in [4.69, 9.17) is 0 Å². The lowest BCUT2D eigenvalue weighted by Gasteiger charge is -2.04. The Hall–Kier alpha value is -1.00. The van der Waals surface area contributed by atoms with Crippen molar-refractivity contribution in [2.75, 3.05) is 0 Å². The molecule has 82 valence electrons. The Balaban J connectivity index is 2.46. The van der Waals surface area contributed by atoms with Crippen LogP contribution in [0.15, 0.2) is 62.8 Å². The molecule has 0 heterocycles. The first kappa shape index (κ1) is 11.5. The van der Waals surface area contributed by atoms with Crippen LogP contribution in [0.1, 0.15) is 0 Å². The van der Waals surface area contributed by atoms with Crippen LogP contribution in [-0.4, -0.2) is 4.21 Å². The zero-order valence-corrected chi connectivity index (χ0v) is 10.6. The molecule has 0 saturated heterocycles. The average Bonchev–Trinajstić information content (AvgIpc) is 2.32. The highest BCUT2D eigenvalue weighted by Gasteiger charge is 2.11. The predicted octanol–water partition coefficient (Wildman–Crippen LogP) is 3.75. The van der Waals surface area contributed by atoms with Gasteiger partial charge in [0.05, 0.1) is 15.7 Å². The highest BCUT2D eigenvalue weighted by Crippen LogP contribution is 2.25. The van der Waals surface area contributed by atoms with Gasteiger partial charge in [-0.15, -0.1) is 0 Å². The van der Waals surface area contributed by atoms with Crippen LogP contribution in [0.5, 0.6) is 0 Å². The largest absolute Gasteiger partial charge is 0.249 e. The zero-order valence-electron chi connectivity index (χ0n) is 8.19. The van der Waals surface area contributed by atoms with Crippen molar-refractivity contribution in [2.24, 2.45) is 0 Å². The van der Waals surface area contributed by atoms with Crippen molar-refractivity contribution in [1.82, 2.24) is 0 Å². The zero-order chi connectivity index (χ0) is 11.5. The topological polar surface area (TPSA) is 17.1 Å². The molecule has 0 fully saturated rings. The van der Waals surface area contributed by atoms with E-state index in [0.717, 1.165) is 0 Å². The van der Waals surface area contributed by atoms with Gasteiger partial charge in [-0.1, -0.05) is 18.2 Å². The van der Waals surface area contributed by atoms with Crippen LogP contribution in [0.4, 0.5) is 4.39 Å². The fourth-order valence-electron chi connectivity index (χ4n) is 1.29.